The summed E-state index contributed by atoms with van der Waals surface area (Å²) in [6.45, 7) is 4.18. The van der Waals surface area contributed by atoms with Crippen LogP contribution in [-0.2, 0) is 35.3 Å². The first-order valence-corrected chi connectivity index (χ1v) is 14.9. The van der Waals surface area contributed by atoms with E-state index in [2.05, 4.69) is 10.6 Å². The minimum absolute atomic E-state index is 0.0525. The molecule has 11 heteroatoms. The Labute approximate surface area is 264 Å². The fraction of sp³-hybridized carbons (Fsp3) is 0.286. The zero-order valence-electron chi connectivity index (χ0n) is 25.5. The van der Waals surface area contributed by atoms with Gasteiger partial charge in [-0.25, -0.2) is 0 Å². The molecule has 4 aromatic rings. The lowest BCUT2D eigenvalue weighted by Gasteiger charge is -2.29. The number of anilines is 1. The highest BCUT2D eigenvalue weighted by atomic mass is 19.4. The molecule has 5 rings (SSSR count). The minimum atomic E-state index is -4.55. The van der Waals surface area contributed by atoms with Gasteiger partial charge in [0.15, 0.2) is 0 Å². The first kappa shape index (κ1) is 32.5. The van der Waals surface area contributed by atoms with Crippen LogP contribution in [0.3, 0.4) is 0 Å². The van der Waals surface area contributed by atoms with Gasteiger partial charge in [-0.2, -0.15) is 13.2 Å². The number of halogens is 3. The molecule has 0 unspecified atom stereocenters. The van der Waals surface area contributed by atoms with Gasteiger partial charge in [-0.15, -0.1) is 0 Å². The topological polar surface area (TPSA) is 118 Å². The average molecular weight is 633 g/mol. The van der Waals surface area contributed by atoms with Gasteiger partial charge in [0.25, 0.3) is 0 Å². The van der Waals surface area contributed by atoms with Crippen LogP contribution < -0.4 is 21.3 Å². The Morgan fingerprint density at radius 1 is 1.00 bits per heavy atom. The summed E-state index contributed by atoms with van der Waals surface area (Å²) in [6.07, 6.45) is -2.63. The number of fused-ring (bicyclic) bond motifs is 1. The van der Waals surface area contributed by atoms with Gasteiger partial charge in [0.05, 0.1) is 24.9 Å². The van der Waals surface area contributed by atoms with Gasteiger partial charge in [0.2, 0.25) is 17.7 Å². The summed E-state index contributed by atoms with van der Waals surface area (Å²) in [7, 11) is 0. The maximum Gasteiger partial charge on any atom is 0.416 e. The molecule has 240 valence electrons. The van der Waals surface area contributed by atoms with E-state index in [1.165, 1.54) is 11.0 Å². The van der Waals surface area contributed by atoms with Crippen LogP contribution >= 0.6 is 0 Å². The van der Waals surface area contributed by atoms with Crippen molar-refractivity contribution in [2.75, 3.05) is 4.90 Å². The molecule has 3 amide bonds. The van der Waals surface area contributed by atoms with Crippen molar-refractivity contribution in [3.05, 3.63) is 113 Å². The summed E-state index contributed by atoms with van der Waals surface area (Å²) in [6, 6.07) is 20.1. The molecule has 46 heavy (non-hydrogen) atoms. The number of nitrogens with two attached hydrogens (primary N) is 1. The van der Waals surface area contributed by atoms with Gasteiger partial charge in [-0.1, -0.05) is 42.5 Å². The largest absolute Gasteiger partial charge is 0.468 e. The number of primary amides is 1. The van der Waals surface area contributed by atoms with Crippen LogP contribution in [0.1, 0.15) is 59.5 Å². The van der Waals surface area contributed by atoms with E-state index in [1.807, 2.05) is 19.9 Å². The van der Waals surface area contributed by atoms with Gasteiger partial charge in [-0.3, -0.25) is 14.4 Å². The van der Waals surface area contributed by atoms with E-state index in [-0.39, 0.29) is 31.7 Å². The summed E-state index contributed by atoms with van der Waals surface area (Å²) >= 11 is 0. The maximum atomic E-state index is 14.0. The molecular weight excluding hydrogens is 597 g/mol. The van der Waals surface area contributed by atoms with Crippen molar-refractivity contribution in [1.82, 2.24) is 10.6 Å². The zero-order valence-corrected chi connectivity index (χ0v) is 25.5. The van der Waals surface area contributed by atoms with Crippen molar-refractivity contribution in [2.24, 2.45) is 5.73 Å². The maximum absolute atomic E-state index is 14.0. The Kier molecular flexibility index (Phi) is 9.34. The van der Waals surface area contributed by atoms with E-state index in [0.29, 0.717) is 40.2 Å². The van der Waals surface area contributed by atoms with Crippen LogP contribution in [0.2, 0.25) is 0 Å². The van der Waals surface area contributed by atoms with Gasteiger partial charge in [0, 0.05) is 23.2 Å². The number of rotatable bonds is 10. The highest BCUT2D eigenvalue weighted by molar-refractivity contribution is 6.01. The number of hydrogen-bond donors (Lipinski definition) is 3. The smallest absolute Gasteiger partial charge is 0.416 e. The summed E-state index contributed by atoms with van der Waals surface area (Å²) in [5.41, 5.74) is 7.30. The number of carbonyl (C=O) groups is 3. The van der Waals surface area contributed by atoms with Crippen molar-refractivity contribution in [1.29, 1.82) is 0 Å². The van der Waals surface area contributed by atoms with Crippen LogP contribution in [0, 0.1) is 0 Å². The van der Waals surface area contributed by atoms with Crippen LogP contribution in [0.5, 0.6) is 0 Å². The number of amides is 3. The first-order chi connectivity index (χ1) is 21.8. The molecule has 0 aliphatic carbocycles. The molecule has 2 heterocycles. The van der Waals surface area contributed by atoms with E-state index in [9.17, 15) is 27.6 Å². The third-order valence-corrected chi connectivity index (χ3v) is 8.02. The second-order valence-corrected chi connectivity index (χ2v) is 12.0. The summed E-state index contributed by atoms with van der Waals surface area (Å²) in [4.78, 5) is 40.5. The standard InChI is InChI=1S/C35H35F3N4O4/c1-34(2,40-20-26-6-5-17-46-26)19-31(43)41-29-15-13-24-18-25(35(36,37)38)14-16-30(24)42(33(29)45)21-22-9-11-23(12-10-22)27-7-3-4-8-28(27)32(39)44/h3-12,14,16-18,29,40H,13,15,19-21H2,1-2H3,(H2,39,44)(H,41,43)/t29-/m1/s1. The first-order valence-electron chi connectivity index (χ1n) is 14.9. The molecule has 0 bridgehead atoms. The second-order valence-electron chi connectivity index (χ2n) is 12.0. The fourth-order valence-corrected chi connectivity index (χ4v) is 5.62. The Morgan fingerprint density at radius 3 is 2.41 bits per heavy atom. The summed E-state index contributed by atoms with van der Waals surface area (Å²) < 4.78 is 46.2. The van der Waals surface area contributed by atoms with Gasteiger partial charge in [-0.05, 0) is 85.3 Å². The van der Waals surface area contributed by atoms with Crippen LogP contribution in [-0.4, -0.2) is 29.3 Å². The number of nitrogens with one attached hydrogen (secondary N) is 2. The number of alkyl halides is 3. The molecule has 1 aliphatic heterocycles. The molecule has 3 aromatic carbocycles. The predicted molar refractivity (Wildman–Crippen MR) is 168 cm³/mol. The molecule has 8 nitrogen and oxygen atoms in total. The number of hydrogen-bond acceptors (Lipinski definition) is 5. The monoisotopic (exact) mass is 632 g/mol. The van der Waals surface area contributed by atoms with E-state index in [0.717, 1.165) is 17.7 Å². The highest BCUT2D eigenvalue weighted by Gasteiger charge is 2.36. The second kappa shape index (κ2) is 13.2. The number of nitrogens with zero attached hydrogens (tertiary/aromatic N) is 1. The van der Waals surface area contributed by atoms with Crippen molar-refractivity contribution < 1.29 is 32.0 Å². The minimum Gasteiger partial charge on any atom is -0.468 e. The average Bonchev–Trinajstić information content (AvgIpc) is 3.50. The number of benzene rings is 3. The highest BCUT2D eigenvalue weighted by Crippen LogP contribution is 2.36. The van der Waals surface area contributed by atoms with Crippen LogP contribution in [0.15, 0.2) is 89.5 Å². The Morgan fingerprint density at radius 2 is 1.74 bits per heavy atom. The normalized spacial score (nSPS) is 15.3. The van der Waals surface area contributed by atoms with Gasteiger partial charge < -0.3 is 25.7 Å². The fourth-order valence-electron chi connectivity index (χ4n) is 5.62. The molecule has 0 radical (unpaired) electrons. The van der Waals surface area contributed by atoms with Crippen molar-refractivity contribution in [3.63, 3.8) is 0 Å². The Hall–Kier alpha value is -4.90. The van der Waals surface area contributed by atoms with E-state index < -0.39 is 35.1 Å². The molecule has 0 saturated heterocycles. The number of aryl methyl sites for hydroxylation is 1. The van der Waals surface area contributed by atoms with Crippen molar-refractivity contribution in [2.45, 2.75) is 64.0 Å². The lowest BCUT2D eigenvalue weighted by Crippen LogP contribution is -2.50. The quantitative estimate of drug-likeness (QED) is 0.199. The van der Waals surface area contributed by atoms with Gasteiger partial charge in [0.1, 0.15) is 11.8 Å². The Balaban J connectivity index is 1.38. The summed E-state index contributed by atoms with van der Waals surface area (Å²) in [5.74, 6) is -0.635. The predicted octanol–water partition coefficient (Wildman–Crippen LogP) is 5.99. The van der Waals surface area contributed by atoms with Crippen molar-refractivity contribution in [3.8, 4) is 11.1 Å². The van der Waals surface area contributed by atoms with Crippen LogP contribution in [0.4, 0.5) is 18.9 Å². The van der Waals surface area contributed by atoms with E-state index in [1.54, 1.807) is 60.9 Å². The van der Waals surface area contributed by atoms with Gasteiger partial charge >= 0.3 is 6.18 Å². The molecule has 1 atom stereocenters. The molecule has 4 N–H and O–H groups in total. The molecular formula is C35H35F3N4O4. The lowest BCUT2D eigenvalue weighted by atomic mass is 9.98. The molecule has 0 fully saturated rings. The van der Waals surface area contributed by atoms with Crippen LogP contribution in [0.25, 0.3) is 11.1 Å². The Bertz CT molecular complexity index is 1720. The SMILES string of the molecule is CC(C)(CC(=O)N[C@@H]1CCc2cc(C(F)(F)F)ccc2N(Cc2ccc(-c3ccccc3C(N)=O)cc2)C1=O)NCc1ccco1. The number of furan rings is 1. The third kappa shape index (κ3) is 7.66. The molecule has 0 saturated carbocycles. The number of carbonyl (C=O) groups excluding carboxylic acids is 3. The van der Waals surface area contributed by atoms with E-state index >= 15 is 0 Å². The molecule has 0 spiro atoms. The molecule has 1 aliphatic rings. The third-order valence-electron chi connectivity index (χ3n) is 8.02. The lowest BCUT2D eigenvalue weighted by molar-refractivity contribution is -0.137. The molecule has 1 aromatic heterocycles. The van der Waals surface area contributed by atoms with E-state index in [4.69, 9.17) is 10.2 Å². The zero-order chi connectivity index (χ0) is 33.1. The summed E-state index contributed by atoms with van der Waals surface area (Å²) in [5, 5.41) is 6.11. The van der Waals surface area contributed by atoms with Crippen molar-refractivity contribution >= 4 is 23.4 Å².